The van der Waals surface area contributed by atoms with E-state index in [4.69, 9.17) is 0 Å². The average molecular weight is 560 g/mol. The zero-order valence-electron chi connectivity index (χ0n) is 23.9. The maximum atomic E-state index is 14.0. The van der Waals surface area contributed by atoms with E-state index in [1.165, 1.54) is 0 Å². The van der Waals surface area contributed by atoms with E-state index in [1.54, 1.807) is 9.80 Å². The first-order valence-electron chi connectivity index (χ1n) is 15.1. The maximum Gasteiger partial charge on any atom is 0.258 e. The number of nitrogens with one attached hydrogen (secondary N) is 1. The lowest BCUT2D eigenvalue weighted by Gasteiger charge is -2.32. The van der Waals surface area contributed by atoms with Gasteiger partial charge in [-0.3, -0.25) is 14.4 Å². The molecule has 1 aliphatic carbocycles. The van der Waals surface area contributed by atoms with Crippen LogP contribution in [0.4, 0.5) is 5.69 Å². The Morgan fingerprint density at radius 3 is 2.21 bits per heavy atom. The third-order valence-corrected chi connectivity index (χ3v) is 8.59. The summed E-state index contributed by atoms with van der Waals surface area (Å²) in [6.45, 7) is 0.790. The fourth-order valence-electron chi connectivity index (χ4n) is 6.43. The highest BCUT2D eigenvalue weighted by Gasteiger charge is 2.33. The summed E-state index contributed by atoms with van der Waals surface area (Å²) in [6, 6.07) is 31.1. The first-order valence-corrected chi connectivity index (χ1v) is 15.1. The van der Waals surface area contributed by atoms with Gasteiger partial charge in [0.15, 0.2) is 0 Å². The van der Waals surface area contributed by atoms with Crippen molar-refractivity contribution in [2.24, 2.45) is 0 Å². The Labute approximate surface area is 247 Å². The molecule has 4 aromatic carbocycles. The van der Waals surface area contributed by atoms with Crippen LogP contribution in [0.2, 0.25) is 0 Å². The van der Waals surface area contributed by atoms with Crippen molar-refractivity contribution in [1.82, 2.24) is 10.2 Å². The molecule has 0 spiro atoms. The van der Waals surface area contributed by atoms with Crippen LogP contribution in [0.1, 0.15) is 60.0 Å². The smallest absolute Gasteiger partial charge is 0.258 e. The van der Waals surface area contributed by atoms with E-state index >= 15 is 0 Å². The number of carbonyl (C=O) groups excluding carboxylic acids is 3. The highest BCUT2D eigenvalue weighted by Crippen LogP contribution is 2.37. The molecule has 1 saturated carbocycles. The van der Waals surface area contributed by atoms with Crippen LogP contribution >= 0.6 is 0 Å². The molecule has 1 aliphatic heterocycles. The van der Waals surface area contributed by atoms with Gasteiger partial charge < -0.3 is 15.1 Å². The first kappa shape index (κ1) is 27.7. The van der Waals surface area contributed by atoms with Gasteiger partial charge in [0.2, 0.25) is 11.8 Å². The van der Waals surface area contributed by atoms with Crippen molar-refractivity contribution in [1.29, 1.82) is 0 Å². The molecule has 1 fully saturated rings. The van der Waals surface area contributed by atoms with Crippen LogP contribution in [0, 0.1) is 0 Å². The van der Waals surface area contributed by atoms with Crippen molar-refractivity contribution in [3.8, 4) is 0 Å². The molecule has 4 aromatic rings. The molecule has 1 atom stereocenters. The second-order valence-corrected chi connectivity index (χ2v) is 11.4. The standard InChI is InChI=1S/C36H37N3O3/c40-33(22-11-23-38-31-21-10-17-28-16-9-20-30(34(28)31)36(38)42)39(25-27-14-5-2-6-15-27)32(24-26-12-3-1-4-13-26)35(41)37-29-18-7-8-19-29/h1-6,9-10,12-17,20-21,29,32H,7-8,11,18-19,22-25H2,(H,37,41)/t32-/m0/s1. The quantitative estimate of drug-likeness (QED) is 0.235. The number of carbonyl (C=O) groups is 3. The third-order valence-electron chi connectivity index (χ3n) is 8.59. The Hall–Kier alpha value is -4.45. The van der Waals surface area contributed by atoms with Gasteiger partial charge in [-0.05, 0) is 47.9 Å². The molecule has 3 amide bonds. The zero-order chi connectivity index (χ0) is 28.9. The highest BCUT2D eigenvalue weighted by atomic mass is 16.2. The number of benzene rings is 4. The predicted octanol–water partition coefficient (Wildman–Crippen LogP) is 6.28. The van der Waals surface area contributed by atoms with Gasteiger partial charge in [-0.25, -0.2) is 0 Å². The van der Waals surface area contributed by atoms with E-state index in [2.05, 4.69) is 5.32 Å². The van der Waals surface area contributed by atoms with Gasteiger partial charge in [-0.2, -0.15) is 0 Å². The Kier molecular flexibility index (Phi) is 8.31. The Morgan fingerprint density at radius 1 is 0.833 bits per heavy atom. The normalized spacial score (nSPS) is 15.2. The molecule has 2 aliphatic rings. The molecule has 214 valence electrons. The minimum absolute atomic E-state index is 0.0201. The lowest BCUT2D eigenvalue weighted by Crippen LogP contribution is -2.52. The van der Waals surface area contributed by atoms with E-state index in [0.29, 0.717) is 31.5 Å². The van der Waals surface area contributed by atoms with E-state index in [0.717, 1.165) is 53.3 Å². The highest BCUT2D eigenvalue weighted by molar-refractivity contribution is 6.25. The lowest BCUT2D eigenvalue weighted by atomic mass is 10.0. The summed E-state index contributed by atoms with van der Waals surface area (Å²) in [5.41, 5.74) is 3.61. The SMILES string of the molecule is O=C(NC1CCCC1)[C@H](Cc1ccccc1)N(Cc1ccccc1)C(=O)CCCN1C(=O)c2cccc3cccc1c23. The van der Waals surface area contributed by atoms with Gasteiger partial charge in [0.1, 0.15) is 6.04 Å². The van der Waals surface area contributed by atoms with Gasteiger partial charge in [0.05, 0.1) is 5.69 Å². The molecular formula is C36H37N3O3. The van der Waals surface area contributed by atoms with E-state index in [9.17, 15) is 14.4 Å². The number of hydrogen-bond acceptors (Lipinski definition) is 3. The van der Waals surface area contributed by atoms with Crippen molar-refractivity contribution in [2.45, 2.75) is 63.6 Å². The molecule has 0 unspecified atom stereocenters. The minimum Gasteiger partial charge on any atom is -0.352 e. The average Bonchev–Trinajstić information content (AvgIpc) is 3.63. The summed E-state index contributed by atoms with van der Waals surface area (Å²) in [6.07, 6.45) is 5.39. The van der Waals surface area contributed by atoms with Gasteiger partial charge in [0, 0.05) is 42.9 Å². The van der Waals surface area contributed by atoms with Gasteiger partial charge in [-0.1, -0.05) is 97.8 Å². The molecule has 42 heavy (non-hydrogen) atoms. The van der Waals surface area contributed by atoms with Crippen LogP contribution in [0.15, 0.2) is 97.1 Å². The molecule has 0 aromatic heterocycles. The van der Waals surface area contributed by atoms with Gasteiger partial charge in [0.25, 0.3) is 5.91 Å². The van der Waals surface area contributed by atoms with Crippen molar-refractivity contribution in [2.75, 3.05) is 11.4 Å². The summed E-state index contributed by atoms with van der Waals surface area (Å²) in [5, 5.41) is 5.29. The first-order chi connectivity index (χ1) is 20.6. The van der Waals surface area contributed by atoms with Crippen molar-refractivity contribution < 1.29 is 14.4 Å². The summed E-state index contributed by atoms with van der Waals surface area (Å²) in [7, 11) is 0. The zero-order valence-corrected chi connectivity index (χ0v) is 23.9. The fraction of sp³-hybridized carbons (Fsp3) is 0.306. The molecule has 1 N–H and O–H groups in total. The van der Waals surface area contributed by atoms with Crippen molar-refractivity contribution >= 4 is 34.2 Å². The topological polar surface area (TPSA) is 69.7 Å². The molecule has 0 bridgehead atoms. The van der Waals surface area contributed by atoms with Crippen LogP contribution in [0.5, 0.6) is 0 Å². The van der Waals surface area contributed by atoms with Crippen LogP contribution in [0.3, 0.4) is 0 Å². The predicted molar refractivity (Wildman–Crippen MR) is 166 cm³/mol. The molecule has 0 saturated heterocycles. The molecule has 6 heteroatoms. The third kappa shape index (κ3) is 5.94. The van der Waals surface area contributed by atoms with Crippen LogP contribution in [-0.4, -0.2) is 41.2 Å². The summed E-state index contributed by atoms with van der Waals surface area (Å²) < 4.78 is 0. The van der Waals surface area contributed by atoms with Crippen molar-refractivity contribution in [3.05, 3.63) is 114 Å². The van der Waals surface area contributed by atoms with E-state index in [1.807, 2.05) is 97.1 Å². The largest absolute Gasteiger partial charge is 0.352 e. The monoisotopic (exact) mass is 559 g/mol. The number of hydrogen-bond donors (Lipinski definition) is 1. The second-order valence-electron chi connectivity index (χ2n) is 11.4. The number of rotatable bonds is 11. The summed E-state index contributed by atoms with van der Waals surface area (Å²) >= 11 is 0. The maximum absolute atomic E-state index is 14.0. The number of nitrogens with zero attached hydrogens (tertiary/aromatic N) is 2. The van der Waals surface area contributed by atoms with Gasteiger partial charge in [-0.15, -0.1) is 0 Å². The van der Waals surface area contributed by atoms with Crippen LogP contribution < -0.4 is 10.2 Å². The van der Waals surface area contributed by atoms with Crippen molar-refractivity contribution in [3.63, 3.8) is 0 Å². The summed E-state index contributed by atoms with van der Waals surface area (Å²) in [5.74, 6) is -0.191. The Balaban J connectivity index is 1.22. The minimum atomic E-state index is -0.632. The van der Waals surface area contributed by atoms with Crippen LogP contribution in [0.25, 0.3) is 10.8 Å². The van der Waals surface area contributed by atoms with E-state index < -0.39 is 6.04 Å². The fourth-order valence-corrected chi connectivity index (χ4v) is 6.43. The number of anilines is 1. The molecule has 0 radical (unpaired) electrons. The molecule has 6 rings (SSSR count). The van der Waals surface area contributed by atoms with Crippen LogP contribution in [-0.2, 0) is 22.6 Å². The van der Waals surface area contributed by atoms with E-state index in [-0.39, 0.29) is 30.2 Å². The number of amides is 3. The Bertz CT molecular complexity index is 1560. The molecule has 6 nitrogen and oxygen atoms in total. The molecular weight excluding hydrogens is 522 g/mol. The Morgan fingerprint density at radius 2 is 1.50 bits per heavy atom. The second kappa shape index (κ2) is 12.6. The summed E-state index contributed by atoms with van der Waals surface area (Å²) in [4.78, 5) is 44.7. The lowest BCUT2D eigenvalue weighted by molar-refractivity contribution is -0.141. The van der Waals surface area contributed by atoms with Gasteiger partial charge >= 0.3 is 0 Å². The molecule has 1 heterocycles.